The second kappa shape index (κ2) is 8.27. The maximum atomic E-state index is 12.8. The smallest absolute Gasteiger partial charge is 0.254 e. The van der Waals surface area contributed by atoms with Crippen molar-refractivity contribution in [2.45, 2.75) is 26.7 Å². The summed E-state index contributed by atoms with van der Waals surface area (Å²) in [5, 5.41) is 7.73. The quantitative estimate of drug-likeness (QED) is 0.541. The van der Waals surface area contributed by atoms with E-state index in [0.717, 1.165) is 34.6 Å². The Morgan fingerprint density at radius 1 is 1.03 bits per heavy atom. The lowest BCUT2D eigenvalue weighted by atomic mass is 10.1. The molecule has 2 aromatic carbocycles. The van der Waals surface area contributed by atoms with E-state index in [1.807, 2.05) is 54.8 Å². The highest BCUT2D eigenvalue weighted by atomic mass is 16.1. The lowest BCUT2D eigenvalue weighted by Crippen LogP contribution is -2.27. The van der Waals surface area contributed by atoms with Crippen molar-refractivity contribution in [3.8, 4) is 11.1 Å². The van der Waals surface area contributed by atoms with Gasteiger partial charge in [-0.1, -0.05) is 67.6 Å². The summed E-state index contributed by atoms with van der Waals surface area (Å²) in [6.07, 6.45) is 3.16. The van der Waals surface area contributed by atoms with E-state index in [9.17, 15) is 4.79 Å². The predicted molar refractivity (Wildman–Crippen MR) is 115 cm³/mol. The summed E-state index contributed by atoms with van der Waals surface area (Å²) in [5.74, 6) is -0.110. The van der Waals surface area contributed by atoms with Gasteiger partial charge < -0.3 is 5.32 Å². The molecule has 0 saturated heterocycles. The predicted octanol–water partition coefficient (Wildman–Crippen LogP) is 4.24. The van der Waals surface area contributed by atoms with E-state index < -0.39 is 0 Å². The number of nitrogens with zero attached hydrogens (tertiary/aromatic N) is 3. The van der Waals surface area contributed by atoms with Crippen LogP contribution < -0.4 is 5.32 Å². The third-order valence-corrected chi connectivity index (χ3v) is 5.10. The van der Waals surface area contributed by atoms with E-state index in [4.69, 9.17) is 5.10 Å². The molecule has 1 amide bonds. The molecule has 0 aliphatic heterocycles. The Labute approximate surface area is 170 Å². The molecular weight excluding hydrogens is 360 g/mol. The van der Waals surface area contributed by atoms with Gasteiger partial charge in [0.2, 0.25) is 0 Å². The Morgan fingerprint density at radius 3 is 2.41 bits per heavy atom. The van der Waals surface area contributed by atoms with E-state index in [2.05, 4.69) is 34.6 Å². The molecule has 146 valence electrons. The minimum atomic E-state index is -0.110. The van der Waals surface area contributed by atoms with Crippen molar-refractivity contribution < 1.29 is 4.79 Å². The zero-order valence-electron chi connectivity index (χ0n) is 16.7. The second-order valence-electron chi connectivity index (χ2n) is 7.03. The number of amides is 1. The largest absolute Gasteiger partial charge is 0.352 e. The Balaban J connectivity index is 1.63. The topological polar surface area (TPSA) is 59.3 Å². The number of hydrogen-bond acceptors (Lipinski definition) is 3. The van der Waals surface area contributed by atoms with Crippen LogP contribution in [0.2, 0.25) is 0 Å². The van der Waals surface area contributed by atoms with Gasteiger partial charge in [0.05, 0.1) is 17.0 Å². The highest BCUT2D eigenvalue weighted by Crippen LogP contribution is 2.28. The van der Waals surface area contributed by atoms with Crippen LogP contribution in [0.15, 0.2) is 66.9 Å². The van der Waals surface area contributed by atoms with Gasteiger partial charge in [0.1, 0.15) is 0 Å². The molecule has 0 atom stereocenters. The van der Waals surface area contributed by atoms with Crippen LogP contribution in [0.5, 0.6) is 0 Å². The number of carbonyl (C=O) groups is 1. The number of carbonyl (C=O) groups excluding carboxylic acids is 1. The molecule has 4 rings (SSSR count). The number of nitrogens with one attached hydrogen (secondary N) is 1. The lowest BCUT2D eigenvalue weighted by Gasteiger charge is -2.11. The molecule has 0 bridgehead atoms. The minimum absolute atomic E-state index is 0.110. The van der Waals surface area contributed by atoms with E-state index in [1.54, 1.807) is 6.20 Å². The first-order chi connectivity index (χ1) is 14.2. The number of benzene rings is 2. The maximum absolute atomic E-state index is 12.8. The molecule has 0 saturated carbocycles. The SMILES string of the molecule is CCc1c(C(=O)NCCc2ccccc2)cnc2c(-c3ccccc3)c(C)nn12. The average molecular weight is 384 g/mol. The third-order valence-electron chi connectivity index (χ3n) is 5.10. The molecule has 0 unspecified atom stereocenters. The van der Waals surface area contributed by atoms with Crippen molar-refractivity contribution in [3.63, 3.8) is 0 Å². The number of aromatic nitrogens is 3. The molecule has 0 aliphatic carbocycles. The number of fused-ring (bicyclic) bond motifs is 1. The molecular formula is C24H24N4O. The standard InChI is InChI=1S/C24H24N4O/c1-3-21-20(24(29)25-15-14-18-10-6-4-7-11-18)16-26-23-22(17(2)27-28(21)23)19-12-8-5-9-13-19/h4-13,16H,3,14-15H2,1-2H3,(H,25,29). The van der Waals surface area contributed by atoms with Crippen molar-refractivity contribution in [2.75, 3.05) is 6.54 Å². The molecule has 0 spiro atoms. The van der Waals surface area contributed by atoms with Crippen LogP contribution in [-0.4, -0.2) is 27.0 Å². The Hall–Kier alpha value is -3.47. The summed E-state index contributed by atoms with van der Waals surface area (Å²) in [7, 11) is 0. The van der Waals surface area contributed by atoms with Gasteiger partial charge in [-0.25, -0.2) is 9.50 Å². The first-order valence-corrected chi connectivity index (χ1v) is 9.93. The van der Waals surface area contributed by atoms with Gasteiger partial charge in [0.25, 0.3) is 5.91 Å². The maximum Gasteiger partial charge on any atom is 0.254 e. The van der Waals surface area contributed by atoms with Crippen molar-refractivity contribution >= 4 is 11.6 Å². The zero-order valence-corrected chi connectivity index (χ0v) is 16.7. The van der Waals surface area contributed by atoms with Crippen LogP contribution >= 0.6 is 0 Å². The summed E-state index contributed by atoms with van der Waals surface area (Å²) >= 11 is 0. The van der Waals surface area contributed by atoms with E-state index in [0.29, 0.717) is 18.5 Å². The first kappa shape index (κ1) is 18.9. The highest BCUT2D eigenvalue weighted by molar-refractivity contribution is 5.95. The number of hydrogen-bond donors (Lipinski definition) is 1. The first-order valence-electron chi connectivity index (χ1n) is 9.93. The highest BCUT2D eigenvalue weighted by Gasteiger charge is 2.19. The van der Waals surface area contributed by atoms with Crippen molar-refractivity contribution in [3.05, 3.63) is 89.4 Å². The normalized spacial score (nSPS) is 11.0. The fourth-order valence-corrected chi connectivity index (χ4v) is 3.67. The monoisotopic (exact) mass is 384 g/mol. The van der Waals surface area contributed by atoms with E-state index in [1.165, 1.54) is 5.56 Å². The molecule has 0 radical (unpaired) electrons. The summed E-state index contributed by atoms with van der Waals surface area (Å²) in [5.41, 5.74) is 6.43. The van der Waals surface area contributed by atoms with Gasteiger partial charge in [0, 0.05) is 18.3 Å². The molecule has 0 fully saturated rings. The molecule has 29 heavy (non-hydrogen) atoms. The van der Waals surface area contributed by atoms with Crippen molar-refractivity contribution in [1.29, 1.82) is 0 Å². The van der Waals surface area contributed by atoms with E-state index >= 15 is 0 Å². The van der Waals surface area contributed by atoms with Crippen LogP contribution in [-0.2, 0) is 12.8 Å². The van der Waals surface area contributed by atoms with Gasteiger partial charge >= 0.3 is 0 Å². The van der Waals surface area contributed by atoms with Crippen LogP contribution in [0.25, 0.3) is 16.8 Å². The van der Waals surface area contributed by atoms with Gasteiger partial charge in [0.15, 0.2) is 5.65 Å². The molecule has 5 heteroatoms. The molecule has 5 nitrogen and oxygen atoms in total. The Morgan fingerprint density at radius 2 is 1.72 bits per heavy atom. The molecule has 1 N–H and O–H groups in total. The van der Waals surface area contributed by atoms with Crippen molar-refractivity contribution in [1.82, 2.24) is 19.9 Å². The summed E-state index contributed by atoms with van der Waals surface area (Å²) in [6, 6.07) is 20.3. The van der Waals surface area contributed by atoms with Gasteiger partial charge in [-0.3, -0.25) is 4.79 Å². The van der Waals surface area contributed by atoms with E-state index in [-0.39, 0.29) is 5.91 Å². The number of aryl methyl sites for hydroxylation is 2. The minimum Gasteiger partial charge on any atom is -0.352 e. The van der Waals surface area contributed by atoms with Crippen LogP contribution in [0, 0.1) is 6.92 Å². The molecule has 2 heterocycles. The molecule has 0 aliphatic rings. The summed E-state index contributed by atoms with van der Waals surface area (Å²) in [6.45, 7) is 4.60. The summed E-state index contributed by atoms with van der Waals surface area (Å²) in [4.78, 5) is 17.4. The fourth-order valence-electron chi connectivity index (χ4n) is 3.67. The zero-order chi connectivity index (χ0) is 20.2. The Bertz CT molecular complexity index is 1130. The Kier molecular flexibility index (Phi) is 5.38. The van der Waals surface area contributed by atoms with Gasteiger partial charge in [-0.15, -0.1) is 0 Å². The third kappa shape index (κ3) is 3.76. The van der Waals surface area contributed by atoms with Crippen molar-refractivity contribution in [2.24, 2.45) is 0 Å². The number of rotatable bonds is 6. The average Bonchev–Trinajstić information content (AvgIpc) is 3.10. The molecule has 2 aromatic heterocycles. The van der Waals surface area contributed by atoms with Crippen LogP contribution in [0.1, 0.15) is 34.2 Å². The van der Waals surface area contributed by atoms with Gasteiger partial charge in [-0.05, 0) is 30.9 Å². The van der Waals surface area contributed by atoms with Crippen LogP contribution in [0.3, 0.4) is 0 Å². The van der Waals surface area contributed by atoms with Crippen LogP contribution in [0.4, 0.5) is 0 Å². The second-order valence-corrected chi connectivity index (χ2v) is 7.03. The molecule has 4 aromatic rings. The summed E-state index contributed by atoms with van der Waals surface area (Å²) < 4.78 is 1.82. The lowest BCUT2D eigenvalue weighted by molar-refractivity contribution is 0.0952. The fraction of sp³-hybridized carbons (Fsp3) is 0.208. The van der Waals surface area contributed by atoms with Gasteiger partial charge in [-0.2, -0.15) is 5.10 Å².